The normalized spacial score (nSPS) is 17.5. The van der Waals surface area contributed by atoms with E-state index in [1.165, 1.54) is 0 Å². The van der Waals surface area contributed by atoms with Crippen LogP contribution >= 0.6 is 0 Å². The van der Waals surface area contributed by atoms with Crippen molar-refractivity contribution in [3.63, 3.8) is 0 Å². The standard InChI is InChI=1S/C6H13FN2.C2HF3O2/c7-1-4-9-5-2-8-3-6-9;3-2(4,5)1(6)7/h8H,1-6H2;(H,6,7). The molecule has 4 nitrogen and oxygen atoms in total. The van der Waals surface area contributed by atoms with Gasteiger partial charge in [0.15, 0.2) is 0 Å². The van der Waals surface area contributed by atoms with Crippen LogP contribution in [0.5, 0.6) is 0 Å². The average Bonchev–Trinajstić information content (AvgIpc) is 2.19. The lowest BCUT2D eigenvalue weighted by Gasteiger charge is -2.25. The number of nitrogens with zero attached hydrogens (tertiary/aromatic N) is 1. The molecule has 0 aromatic carbocycles. The van der Waals surface area contributed by atoms with Crippen molar-refractivity contribution < 1.29 is 27.5 Å². The Kier molecular flexibility index (Phi) is 6.98. The Bertz CT molecular complexity index is 202. The Balaban J connectivity index is 0.000000293. The predicted octanol–water partition coefficient (Wildman–Crippen LogP) is 0.494. The second-order valence-electron chi connectivity index (χ2n) is 3.08. The number of piperazine rings is 1. The summed E-state index contributed by atoms with van der Waals surface area (Å²) in [7, 11) is 0. The molecule has 0 amide bonds. The van der Waals surface area contributed by atoms with Crippen molar-refractivity contribution in [2.24, 2.45) is 0 Å². The summed E-state index contributed by atoms with van der Waals surface area (Å²) in [6.07, 6.45) is -5.08. The van der Waals surface area contributed by atoms with Crippen LogP contribution in [0.1, 0.15) is 0 Å². The highest BCUT2D eigenvalue weighted by atomic mass is 19.4. The number of hydrogen-bond donors (Lipinski definition) is 2. The average molecular weight is 246 g/mol. The van der Waals surface area contributed by atoms with E-state index in [1.807, 2.05) is 0 Å². The van der Waals surface area contributed by atoms with Gasteiger partial charge in [-0.05, 0) is 0 Å². The molecule has 16 heavy (non-hydrogen) atoms. The molecule has 0 bridgehead atoms. The molecule has 0 aromatic rings. The minimum atomic E-state index is -5.08. The molecule has 0 unspecified atom stereocenters. The SMILES string of the molecule is FCCN1CCNCC1.O=C(O)C(F)(F)F. The van der Waals surface area contributed by atoms with Gasteiger partial charge in [0.05, 0.1) is 0 Å². The lowest BCUT2D eigenvalue weighted by atomic mass is 10.4. The first-order valence-electron chi connectivity index (χ1n) is 4.67. The van der Waals surface area contributed by atoms with E-state index in [4.69, 9.17) is 9.90 Å². The Morgan fingerprint density at radius 3 is 2.06 bits per heavy atom. The maximum absolute atomic E-state index is 11.7. The zero-order chi connectivity index (χ0) is 12.6. The number of nitrogens with one attached hydrogen (secondary N) is 1. The second-order valence-corrected chi connectivity index (χ2v) is 3.08. The van der Waals surface area contributed by atoms with Gasteiger partial charge in [0.2, 0.25) is 0 Å². The Labute approximate surface area is 90.2 Å². The van der Waals surface area contributed by atoms with Crippen LogP contribution in [-0.2, 0) is 4.79 Å². The zero-order valence-corrected chi connectivity index (χ0v) is 8.56. The molecule has 0 aromatic heterocycles. The van der Waals surface area contributed by atoms with Crippen LogP contribution in [0.3, 0.4) is 0 Å². The van der Waals surface area contributed by atoms with Crippen molar-refractivity contribution in [1.82, 2.24) is 10.2 Å². The van der Waals surface area contributed by atoms with Crippen molar-refractivity contribution in [2.75, 3.05) is 39.4 Å². The highest BCUT2D eigenvalue weighted by Gasteiger charge is 2.38. The summed E-state index contributed by atoms with van der Waals surface area (Å²) in [6.45, 7) is 4.44. The quantitative estimate of drug-likeness (QED) is 0.696. The highest BCUT2D eigenvalue weighted by Crippen LogP contribution is 2.13. The highest BCUT2D eigenvalue weighted by molar-refractivity contribution is 5.73. The van der Waals surface area contributed by atoms with Crippen LogP contribution in [0.15, 0.2) is 0 Å². The topological polar surface area (TPSA) is 52.6 Å². The zero-order valence-electron chi connectivity index (χ0n) is 8.56. The van der Waals surface area contributed by atoms with E-state index in [1.54, 1.807) is 0 Å². The first-order valence-corrected chi connectivity index (χ1v) is 4.67. The van der Waals surface area contributed by atoms with Crippen LogP contribution in [0.4, 0.5) is 17.6 Å². The number of aliphatic carboxylic acids is 1. The second kappa shape index (κ2) is 7.39. The smallest absolute Gasteiger partial charge is 0.475 e. The van der Waals surface area contributed by atoms with Gasteiger partial charge in [-0.2, -0.15) is 13.2 Å². The van der Waals surface area contributed by atoms with E-state index in [9.17, 15) is 17.6 Å². The van der Waals surface area contributed by atoms with Gasteiger partial charge >= 0.3 is 12.1 Å². The van der Waals surface area contributed by atoms with Crippen molar-refractivity contribution in [2.45, 2.75) is 6.18 Å². The predicted molar refractivity (Wildman–Crippen MR) is 49.0 cm³/mol. The lowest BCUT2D eigenvalue weighted by Crippen LogP contribution is -2.44. The number of hydrogen-bond acceptors (Lipinski definition) is 3. The minimum absolute atomic E-state index is 0.208. The fourth-order valence-corrected chi connectivity index (χ4v) is 1.05. The van der Waals surface area contributed by atoms with Crippen molar-refractivity contribution in [3.8, 4) is 0 Å². The Morgan fingerprint density at radius 1 is 1.31 bits per heavy atom. The molecule has 96 valence electrons. The van der Waals surface area contributed by atoms with E-state index < -0.39 is 12.1 Å². The van der Waals surface area contributed by atoms with Gasteiger partial charge in [0.25, 0.3) is 0 Å². The largest absolute Gasteiger partial charge is 0.490 e. The van der Waals surface area contributed by atoms with Gasteiger partial charge in [-0.1, -0.05) is 0 Å². The molecule has 2 N–H and O–H groups in total. The lowest BCUT2D eigenvalue weighted by molar-refractivity contribution is -0.192. The van der Waals surface area contributed by atoms with E-state index in [0.717, 1.165) is 26.2 Å². The van der Waals surface area contributed by atoms with Gasteiger partial charge in [-0.15, -0.1) is 0 Å². The number of carbonyl (C=O) groups is 1. The number of carboxylic acids is 1. The van der Waals surface area contributed by atoms with E-state index in [2.05, 4.69) is 10.2 Å². The van der Waals surface area contributed by atoms with Crippen molar-refractivity contribution >= 4 is 5.97 Å². The van der Waals surface area contributed by atoms with E-state index >= 15 is 0 Å². The molecule has 1 fully saturated rings. The summed E-state index contributed by atoms with van der Waals surface area (Å²) in [5, 5.41) is 10.3. The molecule has 1 aliphatic rings. The molecular formula is C8H14F4N2O2. The van der Waals surface area contributed by atoms with E-state index in [-0.39, 0.29) is 6.67 Å². The van der Waals surface area contributed by atoms with Crippen LogP contribution in [0, 0.1) is 0 Å². The molecule has 1 aliphatic heterocycles. The third kappa shape index (κ3) is 7.41. The molecule has 0 atom stereocenters. The molecule has 1 saturated heterocycles. The first-order chi connectivity index (χ1) is 7.38. The molecule has 0 radical (unpaired) electrons. The van der Waals surface area contributed by atoms with Crippen LogP contribution < -0.4 is 5.32 Å². The van der Waals surface area contributed by atoms with Crippen molar-refractivity contribution in [1.29, 1.82) is 0 Å². The maximum atomic E-state index is 11.7. The fourth-order valence-electron chi connectivity index (χ4n) is 1.05. The molecule has 0 spiro atoms. The number of alkyl halides is 4. The monoisotopic (exact) mass is 246 g/mol. The minimum Gasteiger partial charge on any atom is -0.475 e. The molecule has 0 saturated carbocycles. The third-order valence-electron chi connectivity index (χ3n) is 1.85. The fraction of sp³-hybridized carbons (Fsp3) is 0.875. The van der Waals surface area contributed by atoms with Gasteiger partial charge in [-0.3, -0.25) is 4.90 Å². The Hall–Kier alpha value is -0.890. The summed E-state index contributed by atoms with van der Waals surface area (Å²) in [5.41, 5.74) is 0. The first kappa shape index (κ1) is 15.1. The summed E-state index contributed by atoms with van der Waals surface area (Å²) in [5.74, 6) is -2.76. The van der Waals surface area contributed by atoms with Crippen molar-refractivity contribution in [3.05, 3.63) is 0 Å². The third-order valence-corrected chi connectivity index (χ3v) is 1.85. The summed E-state index contributed by atoms with van der Waals surface area (Å²) >= 11 is 0. The Morgan fingerprint density at radius 2 is 1.75 bits per heavy atom. The van der Waals surface area contributed by atoms with E-state index in [0.29, 0.717) is 6.54 Å². The van der Waals surface area contributed by atoms with Gasteiger partial charge in [0.1, 0.15) is 6.67 Å². The summed E-state index contributed by atoms with van der Waals surface area (Å²) in [4.78, 5) is 11.0. The summed E-state index contributed by atoms with van der Waals surface area (Å²) in [6, 6.07) is 0. The van der Waals surface area contributed by atoms with Gasteiger partial charge < -0.3 is 10.4 Å². The molecule has 1 heterocycles. The molecular weight excluding hydrogens is 232 g/mol. The number of carboxylic acid groups (broad SMARTS) is 1. The number of rotatable bonds is 2. The van der Waals surface area contributed by atoms with Gasteiger partial charge in [0, 0.05) is 32.7 Å². The number of halogens is 4. The van der Waals surface area contributed by atoms with Crippen LogP contribution in [-0.4, -0.2) is 61.6 Å². The molecule has 8 heteroatoms. The molecule has 1 rings (SSSR count). The summed E-state index contributed by atoms with van der Waals surface area (Å²) < 4.78 is 43.5. The van der Waals surface area contributed by atoms with Gasteiger partial charge in [-0.25, -0.2) is 9.18 Å². The maximum Gasteiger partial charge on any atom is 0.490 e. The molecule has 0 aliphatic carbocycles. The van der Waals surface area contributed by atoms with Crippen LogP contribution in [0.2, 0.25) is 0 Å². The van der Waals surface area contributed by atoms with Crippen LogP contribution in [0.25, 0.3) is 0 Å².